The van der Waals surface area contributed by atoms with Gasteiger partial charge in [0.1, 0.15) is 5.82 Å². The van der Waals surface area contributed by atoms with Crippen LogP contribution in [-0.4, -0.2) is 32.1 Å². The van der Waals surface area contributed by atoms with Gasteiger partial charge in [0.05, 0.1) is 15.8 Å². The Balaban J connectivity index is 0. The van der Waals surface area contributed by atoms with Gasteiger partial charge in [-0.2, -0.15) is 0 Å². The maximum Gasteiger partial charge on any atom is 0.123 e. The molecular weight excluding hydrogens is 430 g/mol. The quantitative estimate of drug-likeness (QED) is 0.345. The third-order valence-electron chi connectivity index (χ3n) is 4.20. The number of nitrogens with one attached hydrogen (secondary N) is 1. The Morgan fingerprint density at radius 1 is 1.19 bits per heavy atom. The maximum absolute atomic E-state index is 12.4. The van der Waals surface area contributed by atoms with E-state index in [1.807, 2.05) is 40.1 Å². The van der Waals surface area contributed by atoms with Crippen molar-refractivity contribution in [2.45, 2.75) is 60.3 Å². The lowest BCUT2D eigenvalue weighted by Crippen LogP contribution is -2.26. The van der Waals surface area contributed by atoms with Gasteiger partial charge in [-0.15, -0.1) is 0 Å². The van der Waals surface area contributed by atoms with Crippen molar-refractivity contribution >= 4 is 23.2 Å². The van der Waals surface area contributed by atoms with Gasteiger partial charge in [-0.1, -0.05) is 75.7 Å². The van der Waals surface area contributed by atoms with E-state index in [-0.39, 0.29) is 5.82 Å². The van der Waals surface area contributed by atoms with Crippen LogP contribution in [0, 0.1) is 11.7 Å². The van der Waals surface area contributed by atoms with E-state index in [0.29, 0.717) is 10.1 Å². The van der Waals surface area contributed by atoms with Gasteiger partial charge in [0.2, 0.25) is 0 Å². The Kier molecular flexibility index (Phi) is 21.2. The molecule has 1 aromatic carbocycles. The molecular formula is C26H43Cl2FN2. The second-order valence-corrected chi connectivity index (χ2v) is 8.36. The van der Waals surface area contributed by atoms with Crippen molar-refractivity contribution in [3.8, 4) is 0 Å². The molecule has 1 rings (SSSR count). The molecule has 178 valence electrons. The molecule has 0 atom stereocenters. The molecule has 0 aliphatic heterocycles. The summed E-state index contributed by atoms with van der Waals surface area (Å²) in [5, 5.41) is 4.07. The van der Waals surface area contributed by atoms with Crippen LogP contribution >= 0.6 is 23.2 Å². The van der Waals surface area contributed by atoms with Crippen molar-refractivity contribution in [1.29, 1.82) is 0 Å². The number of hydrogen-bond donors (Lipinski definition) is 1. The molecule has 0 aliphatic carbocycles. The van der Waals surface area contributed by atoms with Gasteiger partial charge in [-0.3, -0.25) is 0 Å². The highest BCUT2D eigenvalue weighted by molar-refractivity contribution is 6.36. The molecule has 2 nitrogen and oxygen atoms in total. The van der Waals surface area contributed by atoms with Crippen LogP contribution in [0.2, 0.25) is 0 Å². The summed E-state index contributed by atoms with van der Waals surface area (Å²) in [5.74, 6) is 0.581. The molecule has 0 saturated carbocycles. The largest absolute Gasteiger partial charge is 0.369 e. The van der Waals surface area contributed by atoms with Crippen LogP contribution in [0.15, 0.2) is 58.8 Å². The van der Waals surface area contributed by atoms with Gasteiger partial charge >= 0.3 is 0 Å². The summed E-state index contributed by atoms with van der Waals surface area (Å²) in [6.45, 7) is 16.3. The summed E-state index contributed by atoms with van der Waals surface area (Å²) < 4.78 is 12.4. The van der Waals surface area contributed by atoms with Crippen molar-refractivity contribution in [3.63, 3.8) is 0 Å². The first-order chi connectivity index (χ1) is 14.7. The highest BCUT2D eigenvalue weighted by Crippen LogP contribution is 2.26. The number of allylic oxidation sites excluding steroid dienone is 4. The fourth-order valence-electron chi connectivity index (χ4n) is 2.70. The molecule has 1 aromatic rings. The monoisotopic (exact) mass is 472 g/mol. The highest BCUT2D eigenvalue weighted by Gasteiger charge is 2.15. The smallest absolute Gasteiger partial charge is 0.123 e. The summed E-state index contributed by atoms with van der Waals surface area (Å²) in [6.07, 6.45) is 7.88. The number of nitrogens with zero attached hydrogens (tertiary/aromatic N) is 1. The van der Waals surface area contributed by atoms with Crippen LogP contribution in [-0.2, 0) is 6.42 Å². The molecule has 31 heavy (non-hydrogen) atoms. The number of rotatable bonds is 10. The summed E-state index contributed by atoms with van der Waals surface area (Å²) in [4.78, 5) is 2.27. The fraction of sp³-hybridized carbons (Fsp3) is 0.538. The standard InChI is InChI=1S/C16H27Cl2N.C8H9F.C2H7N/c1-6-11-19(12-9-10-13(4)5)16(14(17)7-2)15(18)8-3;1-2-7-4-3-5-8(9)6-7;1-3-2/h7-8,13H,2,6,9-12H2,1,3-5H3;3-6H,2H2,1H3;3H,1-2H3/b15-8+,16-14-;;. The zero-order valence-electron chi connectivity index (χ0n) is 20.6. The molecule has 0 heterocycles. The van der Waals surface area contributed by atoms with Gasteiger partial charge in [-0.05, 0) is 76.4 Å². The lowest BCUT2D eigenvalue weighted by Gasteiger charge is -2.28. The Morgan fingerprint density at radius 3 is 2.19 bits per heavy atom. The first-order valence-corrected chi connectivity index (χ1v) is 11.9. The Bertz CT molecular complexity index is 655. The summed E-state index contributed by atoms with van der Waals surface area (Å²) in [6, 6.07) is 6.66. The van der Waals surface area contributed by atoms with Crippen LogP contribution in [0.3, 0.4) is 0 Å². The molecule has 0 saturated heterocycles. The predicted octanol–water partition coefficient (Wildman–Crippen LogP) is 8.14. The average Bonchev–Trinajstić information content (AvgIpc) is 2.74. The van der Waals surface area contributed by atoms with Crippen LogP contribution < -0.4 is 5.32 Å². The first kappa shape index (κ1) is 31.9. The maximum atomic E-state index is 12.4. The van der Waals surface area contributed by atoms with Gasteiger partial charge in [-0.25, -0.2) is 4.39 Å². The minimum absolute atomic E-state index is 0.144. The zero-order valence-corrected chi connectivity index (χ0v) is 22.1. The molecule has 0 amide bonds. The third-order valence-corrected chi connectivity index (χ3v) is 4.93. The first-order valence-electron chi connectivity index (χ1n) is 11.1. The molecule has 0 spiro atoms. The molecule has 0 fully saturated rings. The lowest BCUT2D eigenvalue weighted by atomic mass is 10.1. The number of benzene rings is 1. The van der Waals surface area contributed by atoms with E-state index in [1.165, 1.54) is 12.5 Å². The van der Waals surface area contributed by atoms with Gasteiger partial charge in [0.25, 0.3) is 0 Å². The Morgan fingerprint density at radius 2 is 1.81 bits per heavy atom. The van der Waals surface area contributed by atoms with Gasteiger partial charge in [0.15, 0.2) is 0 Å². The highest BCUT2D eigenvalue weighted by atomic mass is 35.5. The van der Waals surface area contributed by atoms with E-state index < -0.39 is 0 Å². The molecule has 0 radical (unpaired) electrons. The number of halogens is 3. The lowest BCUT2D eigenvalue weighted by molar-refractivity contribution is 0.333. The fourth-order valence-corrected chi connectivity index (χ4v) is 3.19. The number of aryl methyl sites for hydroxylation is 1. The second-order valence-electron chi connectivity index (χ2n) is 7.54. The minimum atomic E-state index is -0.144. The predicted molar refractivity (Wildman–Crippen MR) is 139 cm³/mol. The van der Waals surface area contributed by atoms with Crippen LogP contribution in [0.5, 0.6) is 0 Å². The summed E-state index contributed by atoms with van der Waals surface area (Å²) in [7, 11) is 3.75. The molecule has 0 aliphatic rings. The molecule has 1 N–H and O–H groups in total. The van der Waals surface area contributed by atoms with Crippen molar-refractivity contribution in [3.05, 3.63) is 70.1 Å². The summed E-state index contributed by atoms with van der Waals surface area (Å²) >= 11 is 12.6. The van der Waals surface area contributed by atoms with Gasteiger partial charge < -0.3 is 10.2 Å². The van der Waals surface area contributed by atoms with E-state index in [9.17, 15) is 4.39 Å². The Labute approximate surface area is 201 Å². The molecule has 0 aromatic heterocycles. The van der Waals surface area contributed by atoms with Crippen molar-refractivity contribution in [1.82, 2.24) is 10.2 Å². The van der Waals surface area contributed by atoms with Gasteiger partial charge in [0, 0.05) is 13.1 Å². The Hall–Kier alpha value is -1.29. The van der Waals surface area contributed by atoms with Crippen molar-refractivity contribution < 1.29 is 4.39 Å². The van der Waals surface area contributed by atoms with E-state index in [4.69, 9.17) is 23.2 Å². The number of hydrogen-bond acceptors (Lipinski definition) is 2. The third kappa shape index (κ3) is 16.1. The van der Waals surface area contributed by atoms with Crippen molar-refractivity contribution in [2.75, 3.05) is 27.2 Å². The van der Waals surface area contributed by atoms with E-state index >= 15 is 0 Å². The zero-order chi connectivity index (χ0) is 24.2. The molecule has 0 unspecified atom stereocenters. The van der Waals surface area contributed by atoms with Crippen molar-refractivity contribution in [2.24, 2.45) is 5.92 Å². The second kappa shape index (κ2) is 20.6. The van der Waals surface area contributed by atoms with E-state index in [0.717, 1.165) is 49.5 Å². The minimum Gasteiger partial charge on any atom is -0.369 e. The van der Waals surface area contributed by atoms with Crippen LogP contribution in [0.25, 0.3) is 0 Å². The molecule has 5 heteroatoms. The van der Waals surface area contributed by atoms with Crippen LogP contribution in [0.1, 0.15) is 59.4 Å². The van der Waals surface area contributed by atoms with Crippen LogP contribution in [0.4, 0.5) is 4.39 Å². The molecule has 0 bridgehead atoms. The average molecular weight is 474 g/mol. The van der Waals surface area contributed by atoms with E-state index in [1.54, 1.807) is 18.2 Å². The normalized spacial score (nSPS) is 11.6. The SMILES string of the molecule is C=C/C(Cl)=C(\C(Cl)=C/C)N(CCC)CCCC(C)C.CCc1cccc(F)c1.CNC. The summed E-state index contributed by atoms with van der Waals surface area (Å²) in [5.41, 5.74) is 1.96. The van der Waals surface area contributed by atoms with E-state index in [2.05, 4.69) is 37.6 Å². The topological polar surface area (TPSA) is 15.3 Å².